The molecule has 0 aliphatic carbocycles. The summed E-state index contributed by atoms with van der Waals surface area (Å²) in [5, 5.41) is 13.1. The summed E-state index contributed by atoms with van der Waals surface area (Å²) in [7, 11) is 0. The molecule has 0 aliphatic rings. The van der Waals surface area contributed by atoms with Crippen LogP contribution < -0.4 is 5.32 Å². The van der Waals surface area contributed by atoms with E-state index in [4.69, 9.17) is 0 Å². The monoisotopic (exact) mass is 359 g/mol. The molecule has 24 heavy (non-hydrogen) atoms. The molecule has 0 bridgehead atoms. The third-order valence-electron chi connectivity index (χ3n) is 3.25. The Balaban J connectivity index is 1.68. The van der Waals surface area contributed by atoms with Crippen LogP contribution in [0.4, 0.5) is 11.4 Å². The number of hydrogen-bond acceptors (Lipinski definition) is 6. The van der Waals surface area contributed by atoms with Gasteiger partial charge in [0.25, 0.3) is 5.69 Å². The van der Waals surface area contributed by atoms with Crippen LogP contribution in [-0.4, -0.2) is 21.1 Å². The number of carbonyl (C=O) groups excluding carboxylic acids is 1. The lowest BCUT2D eigenvalue weighted by atomic mass is 10.2. The lowest BCUT2D eigenvalue weighted by molar-refractivity contribution is -0.384. The normalized spacial score (nSPS) is 12.0. The number of nitro groups is 1. The number of nitrogens with zero attached hydrogens (tertiary/aromatic N) is 2. The third-order valence-corrected chi connectivity index (χ3v) is 5.48. The van der Waals surface area contributed by atoms with Crippen LogP contribution in [0.15, 0.2) is 52.9 Å². The molecule has 0 aliphatic heterocycles. The van der Waals surface area contributed by atoms with Crippen molar-refractivity contribution in [2.24, 2.45) is 0 Å². The Bertz CT molecular complexity index is 877. The summed E-state index contributed by atoms with van der Waals surface area (Å²) in [5.41, 5.74) is 1.27. The van der Waals surface area contributed by atoms with Crippen LogP contribution in [-0.2, 0) is 4.79 Å². The predicted octanol–water partition coefficient (Wildman–Crippen LogP) is 4.32. The van der Waals surface area contributed by atoms with Gasteiger partial charge in [0.05, 0.1) is 20.4 Å². The number of nitro benzene ring substituents is 1. The van der Waals surface area contributed by atoms with E-state index in [2.05, 4.69) is 10.3 Å². The number of thioether (sulfide) groups is 1. The smallest absolute Gasteiger partial charge is 0.271 e. The fourth-order valence-corrected chi connectivity index (χ4v) is 4.26. The molecule has 1 aromatic heterocycles. The molecule has 0 fully saturated rings. The molecular weight excluding hydrogens is 346 g/mol. The van der Waals surface area contributed by atoms with Gasteiger partial charge in [0, 0.05) is 17.8 Å². The summed E-state index contributed by atoms with van der Waals surface area (Å²) in [6, 6.07) is 13.7. The van der Waals surface area contributed by atoms with Crippen LogP contribution in [0, 0.1) is 10.1 Å². The van der Waals surface area contributed by atoms with Gasteiger partial charge in [-0.05, 0) is 25.1 Å². The standard InChI is InChI=1S/C16H13N3O3S2/c1-10(23-16-18-13-7-2-3-8-14(13)24-16)15(20)17-11-5-4-6-12(9-11)19(21)22/h2-10H,1H3,(H,17,20)/t10-/m1/s1. The van der Waals surface area contributed by atoms with Gasteiger partial charge >= 0.3 is 0 Å². The Morgan fingerprint density at radius 2 is 2.08 bits per heavy atom. The number of anilines is 1. The van der Waals surface area contributed by atoms with Gasteiger partial charge in [-0.25, -0.2) is 4.98 Å². The van der Waals surface area contributed by atoms with Gasteiger partial charge in [-0.15, -0.1) is 11.3 Å². The van der Waals surface area contributed by atoms with Crippen LogP contribution in [0.2, 0.25) is 0 Å². The minimum absolute atomic E-state index is 0.0562. The van der Waals surface area contributed by atoms with Crippen LogP contribution in [0.1, 0.15) is 6.92 Å². The van der Waals surface area contributed by atoms with E-state index in [9.17, 15) is 14.9 Å². The first-order valence-corrected chi connectivity index (χ1v) is 8.80. The highest BCUT2D eigenvalue weighted by molar-refractivity contribution is 8.02. The molecule has 0 unspecified atom stereocenters. The van der Waals surface area contributed by atoms with E-state index in [1.165, 1.54) is 35.2 Å². The third kappa shape index (κ3) is 3.72. The summed E-state index contributed by atoms with van der Waals surface area (Å²) < 4.78 is 1.89. The summed E-state index contributed by atoms with van der Waals surface area (Å²) in [4.78, 5) is 27.1. The number of para-hydroxylation sites is 1. The van der Waals surface area contributed by atoms with Crippen LogP contribution in [0.5, 0.6) is 0 Å². The minimum Gasteiger partial charge on any atom is -0.325 e. The molecule has 1 amide bonds. The SMILES string of the molecule is C[C@@H](Sc1nc2ccccc2s1)C(=O)Nc1cccc([N+](=O)[O-])c1. The largest absolute Gasteiger partial charge is 0.325 e. The van der Waals surface area contributed by atoms with E-state index >= 15 is 0 Å². The number of amides is 1. The molecule has 6 nitrogen and oxygen atoms in total. The van der Waals surface area contributed by atoms with Gasteiger partial charge in [-0.2, -0.15) is 0 Å². The van der Waals surface area contributed by atoms with E-state index in [-0.39, 0.29) is 16.8 Å². The molecule has 1 atom stereocenters. The van der Waals surface area contributed by atoms with Gasteiger partial charge in [0.1, 0.15) is 0 Å². The van der Waals surface area contributed by atoms with Crippen molar-refractivity contribution in [3.63, 3.8) is 0 Å². The first kappa shape index (κ1) is 16.4. The lowest BCUT2D eigenvalue weighted by Gasteiger charge is -2.10. The van der Waals surface area contributed by atoms with Gasteiger partial charge < -0.3 is 5.32 Å². The van der Waals surface area contributed by atoms with E-state index in [1.54, 1.807) is 19.1 Å². The van der Waals surface area contributed by atoms with E-state index in [0.717, 1.165) is 14.6 Å². The zero-order chi connectivity index (χ0) is 17.1. The number of rotatable bonds is 5. The minimum atomic E-state index is -0.491. The molecule has 0 radical (unpaired) electrons. The molecule has 0 spiro atoms. The second-order valence-electron chi connectivity index (χ2n) is 5.00. The molecule has 3 aromatic rings. The predicted molar refractivity (Wildman–Crippen MR) is 96.7 cm³/mol. The van der Waals surface area contributed by atoms with Crippen LogP contribution >= 0.6 is 23.1 Å². The zero-order valence-electron chi connectivity index (χ0n) is 12.6. The molecule has 122 valence electrons. The first-order chi connectivity index (χ1) is 11.5. The Labute approximate surface area is 146 Å². The van der Waals surface area contributed by atoms with Crippen molar-refractivity contribution in [3.05, 3.63) is 58.6 Å². The Hall–Kier alpha value is -2.45. The summed E-state index contributed by atoms with van der Waals surface area (Å²) >= 11 is 2.91. The molecule has 0 saturated heterocycles. The van der Waals surface area contributed by atoms with Gasteiger partial charge in [-0.1, -0.05) is 30.0 Å². The van der Waals surface area contributed by atoms with Crippen molar-refractivity contribution in [3.8, 4) is 0 Å². The molecule has 1 N–H and O–H groups in total. The molecular formula is C16H13N3O3S2. The maximum Gasteiger partial charge on any atom is 0.271 e. The van der Waals surface area contributed by atoms with Crippen molar-refractivity contribution in [1.29, 1.82) is 0 Å². The number of aromatic nitrogens is 1. The second kappa shape index (κ2) is 6.98. The van der Waals surface area contributed by atoms with Gasteiger partial charge in [0.15, 0.2) is 4.34 Å². The fourth-order valence-electron chi connectivity index (χ4n) is 2.05. The Morgan fingerprint density at radius 3 is 2.83 bits per heavy atom. The first-order valence-electron chi connectivity index (χ1n) is 7.10. The summed E-state index contributed by atoms with van der Waals surface area (Å²) in [5.74, 6) is -0.222. The van der Waals surface area contributed by atoms with Crippen molar-refractivity contribution in [2.45, 2.75) is 16.5 Å². The molecule has 3 rings (SSSR count). The van der Waals surface area contributed by atoms with Crippen molar-refractivity contribution < 1.29 is 9.72 Å². The molecule has 1 heterocycles. The average Bonchev–Trinajstić information content (AvgIpc) is 2.97. The van der Waals surface area contributed by atoms with Gasteiger partial charge in [0.2, 0.25) is 5.91 Å². The van der Waals surface area contributed by atoms with Crippen molar-refractivity contribution in [1.82, 2.24) is 4.98 Å². The lowest BCUT2D eigenvalue weighted by Crippen LogP contribution is -2.22. The highest BCUT2D eigenvalue weighted by Crippen LogP contribution is 2.32. The maximum atomic E-state index is 12.3. The Kier molecular flexibility index (Phi) is 4.77. The highest BCUT2D eigenvalue weighted by atomic mass is 32.2. The maximum absolute atomic E-state index is 12.3. The molecule has 2 aromatic carbocycles. The zero-order valence-corrected chi connectivity index (χ0v) is 14.3. The highest BCUT2D eigenvalue weighted by Gasteiger charge is 2.18. The number of benzene rings is 2. The quantitative estimate of drug-likeness (QED) is 0.416. The van der Waals surface area contributed by atoms with Crippen molar-refractivity contribution in [2.75, 3.05) is 5.32 Å². The Morgan fingerprint density at radius 1 is 1.29 bits per heavy atom. The molecule has 0 saturated carbocycles. The van der Waals surface area contributed by atoms with Crippen molar-refractivity contribution >= 4 is 50.6 Å². The van der Waals surface area contributed by atoms with Crippen LogP contribution in [0.3, 0.4) is 0 Å². The van der Waals surface area contributed by atoms with Crippen LogP contribution in [0.25, 0.3) is 10.2 Å². The number of nitrogens with one attached hydrogen (secondary N) is 1. The van der Waals surface area contributed by atoms with Gasteiger partial charge in [-0.3, -0.25) is 14.9 Å². The topological polar surface area (TPSA) is 85.1 Å². The number of hydrogen-bond donors (Lipinski definition) is 1. The second-order valence-corrected chi connectivity index (χ2v) is 7.62. The summed E-state index contributed by atoms with van der Waals surface area (Å²) in [6.45, 7) is 1.78. The van der Waals surface area contributed by atoms with E-state index < -0.39 is 4.92 Å². The number of fused-ring (bicyclic) bond motifs is 1. The molecule has 8 heteroatoms. The fraction of sp³-hybridized carbons (Fsp3) is 0.125. The van der Waals surface area contributed by atoms with E-state index in [0.29, 0.717) is 5.69 Å². The number of thiazole rings is 1. The number of non-ortho nitro benzene ring substituents is 1. The summed E-state index contributed by atoms with van der Waals surface area (Å²) in [6.07, 6.45) is 0. The van der Waals surface area contributed by atoms with E-state index in [1.807, 2.05) is 24.3 Å². The average molecular weight is 359 g/mol. The number of carbonyl (C=O) groups is 1.